The molecular weight excluding hydrogens is 288 g/mol. The van der Waals surface area contributed by atoms with E-state index >= 15 is 0 Å². The van der Waals surface area contributed by atoms with Gasteiger partial charge in [-0.2, -0.15) is 0 Å². The fraction of sp³-hybridized carbons (Fsp3) is 0.632. The van der Waals surface area contributed by atoms with Crippen LogP contribution < -0.4 is 15.8 Å². The molecule has 3 N–H and O–H groups in total. The van der Waals surface area contributed by atoms with Crippen LogP contribution in [0.3, 0.4) is 0 Å². The van der Waals surface area contributed by atoms with Crippen LogP contribution in [0, 0.1) is 11.8 Å². The maximum absolute atomic E-state index is 11.5. The van der Waals surface area contributed by atoms with Crippen molar-refractivity contribution in [2.24, 2.45) is 17.6 Å². The van der Waals surface area contributed by atoms with Crippen molar-refractivity contribution in [3.63, 3.8) is 0 Å². The Kier molecular flexibility index (Phi) is 8.70. The number of hydrogen-bond donors (Lipinski definition) is 2. The van der Waals surface area contributed by atoms with Gasteiger partial charge in [0.1, 0.15) is 5.75 Å². The van der Waals surface area contributed by atoms with Gasteiger partial charge in [-0.05, 0) is 36.0 Å². The van der Waals surface area contributed by atoms with Gasteiger partial charge in [-0.15, -0.1) is 0 Å². The molecule has 1 atom stereocenters. The minimum absolute atomic E-state index is 0.277. The number of ether oxygens (including phenoxy) is 1. The number of amides is 1. The zero-order valence-corrected chi connectivity index (χ0v) is 15.0. The molecule has 0 saturated heterocycles. The van der Waals surface area contributed by atoms with Crippen molar-refractivity contribution in [2.45, 2.75) is 59.5 Å². The Morgan fingerprint density at radius 2 is 1.78 bits per heavy atom. The highest BCUT2D eigenvalue weighted by atomic mass is 16.5. The van der Waals surface area contributed by atoms with E-state index in [1.54, 1.807) is 0 Å². The molecule has 0 aliphatic carbocycles. The molecule has 4 nitrogen and oxygen atoms in total. The Morgan fingerprint density at radius 3 is 2.26 bits per heavy atom. The van der Waals surface area contributed by atoms with Crippen LogP contribution in [0.4, 0.5) is 0 Å². The zero-order valence-electron chi connectivity index (χ0n) is 15.0. The monoisotopic (exact) mass is 320 g/mol. The normalized spacial score (nSPS) is 12.6. The van der Waals surface area contributed by atoms with Crippen molar-refractivity contribution in [3.05, 3.63) is 29.8 Å². The molecule has 0 fully saturated rings. The molecule has 23 heavy (non-hydrogen) atoms. The van der Waals surface area contributed by atoms with Crippen LogP contribution in [0.2, 0.25) is 0 Å². The molecule has 0 heterocycles. The van der Waals surface area contributed by atoms with Gasteiger partial charge in [-0.3, -0.25) is 4.79 Å². The lowest BCUT2D eigenvalue weighted by Gasteiger charge is -2.18. The number of hydrogen-bond acceptors (Lipinski definition) is 3. The molecule has 4 heteroatoms. The molecule has 0 spiro atoms. The minimum Gasteiger partial charge on any atom is -0.493 e. The number of nitrogens with one attached hydrogen (secondary N) is 1. The topological polar surface area (TPSA) is 64.3 Å². The van der Waals surface area contributed by atoms with E-state index in [0.29, 0.717) is 18.4 Å². The predicted molar refractivity (Wildman–Crippen MR) is 95.3 cm³/mol. The number of primary amides is 1. The van der Waals surface area contributed by atoms with Crippen LogP contribution >= 0.6 is 0 Å². The Hall–Kier alpha value is -1.55. The molecule has 1 aromatic rings. The zero-order chi connectivity index (χ0) is 17.2. The lowest BCUT2D eigenvalue weighted by molar-refractivity contribution is -0.120. The summed E-state index contributed by atoms with van der Waals surface area (Å²) in [4.78, 5) is 11.5. The Balaban J connectivity index is 2.48. The smallest absolute Gasteiger partial charge is 0.234 e. The van der Waals surface area contributed by atoms with Crippen LogP contribution in [0.25, 0.3) is 0 Å². The molecule has 0 aliphatic rings. The summed E-state index contributed by atoms with van der Waals surface area (Å²) in [5, 5.41) is 3.24. The van der Waals surface area contributed by atoms with Crippen LogP contribution in [-0.2, 0) is 11.3 Å². The van der Waals surface area contributed by atoms with Gasteiger partial charge >= 0.3 is 0 Å². The fourth-order valence-corrected chi connectivity index (χ4v) is 2.45. The first kappa shape index (κ1) is 19.5. The summed E-state index contributed by atoms with van der Waals surface area (Å²) < 4.78 is 5.83. The summed E-state index contributed by atoms with van der Waals surface area (Å²) in [6.07, 6.45) is 3.04. The molecule has 1 rings (SSSR count). The van der Waals surface area contributed by atoms with E-state index in [4.69, 9.17) is 10.5 Å². The van der Waals surface area contributed by atoms with E-state index in [2.05, 4.69) is 33.0 Å². The maximum Gasteiger partial charge on any atom is 0.234 e. The van der Waals surface area contributed by atoms with Gasteiger partial charge in [0.25, 0.3) is 0 Å². The molecule has 0 radical (unpaired) electrons. The standard InChI is InChI=1S/C19H32N2O2/c1-5-15(6-2)13-23-17-9-7-16(8-10-17)12-21-18(19(20)22)11-14(3)4/h7-10,14-15,18,21H,5-6,11-13H2,1-4H3,(H2,20,22). The number of benzene rings is 1. The van der Waals surface area contributed by atoms with Gasteiger partial charge in [-0.1, -0.05) is 52.7 Å². The largest absolute Gasteiger partial charge is 0.493 e. The van der Waals surface area contributed by atoms with E-state index in [1.165, 1.54) is 0 Å². The second kappa shape index (κ2) is 10.3. The molecule has 1 amide bonds. The number of carbonyl (C=O) groups is 1. The van der Waals surface area contributed by atoms with Gasteiger partial charge in [0.2, 0.25) is 5.91 Å². The molecule has 1 aromatic carbocycles. The summed E-state index contributed by atoms with van der Waals surface area (Å²) in [5.41, 5.74) is 6.57. The summed E-state index contributed by atoms with van der Waals surface area (Å²) in [6, 6.07) is 7.76. The summed E-state index contributed by atoms with van der Waals surface area (Å²) in [7, 11) is 0. The van der Waals surface area contributed by atoms with Crippen molar-refractivity contribution in [2.75, 3.05) is 6.61 Å². The number of rotatable bonds is 11. The van der Waals surface area contributed by atoms with Crippen molar-refractivity contribution >= 4 is 5.91 Å². The average Bonchev–Trinajstić information content (AvgIpc) is 2.53. The second-order valence-electron chi connectivity index (χ2n) is 6.60. The van der Waals surface area contributed by atoms with E-state index in [9.17, 15) is 4.79 Å². The van der Waals surface area contributed by atoms with E-state index in [0.717, 1.165) is 37.2 Å². The van der Waals surface area contributed by atoms with E-state index < -0.39 is 0 Å². The van der Waals surface area contributed by atoms with Crippen molar-refractivity contribution in [3.8, 4) is 5.75 Å². The molecule has 130 valence electrons. The third-order valence-electron chi connectivity index (χ3n) is 4.17. The van der Waals surface area contributed by atoms with Gasteiger partial charge in [0, 0.05) is 6.54 Å². The lowest BCUT2D eigenvalue weighted by Crippen LogP contribution is -2.41. The van der Waals surface area contributed by atoms with Gasteiger partial charge < -0.3 is 15.8 Å². The predicted octanol–water partition coefficient (Wildman–Crippen LogP) is 3.49. The van der Waals surface area contributed by atoms with Gasteiger partial charge in [-0.25, -0.2) is 0 Å². The molecule has 0 aromatic heterocycles. The Bertz CT molecular complexity index is 453. The highest BCUT2D eigenvalue weighted by Crippen LogP contribution is 2.16. The average molecular weight is 320 g/mol. The fourth-order valence-electron chi connectivity index (χ4n) is 2.45. The second-order valence-corrected chi connectivity index (χ2v) is 6.60. The molecule has 0 bridgehead atoms. The Labute approximate surface area is 140 Å². The molecule has 1 unspecified atom stereocenters. The van der Waals surface area contributed by atoms with Gasteiger partial charge in [0.15, 0.2) is 0 Å². The lowest BCUT2D eigenvalue weighted by atomic mass is 10.0. The summed E-state index contributed by atoms with van der Waals surface area (Å²) in [6.45, 7) is 9.96. The Morgan fingerprint density at radius 1 is 1.17 bits per heavy atom. The molecule has 0 aliphatic heterocycles. The first-order valence-electron chi connectivity index (χ1n) is 8.70. The summed E-state index contributed by atoms with van der Waals surface area (Å²) in [5.74, 6) is 1.66. The molecule has 0 saturated carbocycles. The van der Waals surface area contributed by atoms with Gasteiger partial charge in [0.05, 0.1) is 12.6 Å². The van der Waals surface area contributed by atoms with Crippen LogP contribution in [0.1, 0.15) is 52.5 Å². The SMILES string of the molecule is CCC(CC)COc1ccc(CNC(CC(C)C)C(N)=O)cc1. The highest BCUT2D eigenvalue weighted by molar-refractivity contribution is 5.79. The van der Waals surface area contributed by atoms with Crippen molar-refractivity contribution < 1.29 is 9.53 Å². The quantitative estimate of drug-likeness (QED) is 0.656. The van der Waals surface area contributed by atoms with Crippen LogP contribution in [-0.4, -0.2) is 18.6 Å². The maximum atomic E-state index is 11.5. The highest BCUT2D eigenvalue weighted by Gasteiger charge is 2.16. The van der Waals surface area contributed by atoms with E-state index in [-0.39, 0.29) is 11.9 Å². The molecular formula is C19H32N2O2. The number of carbonyl (C=O) groups excluding carboxylic acids is 1. The van der Waals surface area contributed by atoms with Crippen molar-refractivity contribution in [1.29, 1.82) is 0 Å². The van der Waals surface area contributed by atoms with Crippen LogP contribution in [0.5, 0.6) is 5.75 Å². The number of nitrogens with two attached hydrogens (primary N) is 1. The van der Waals surface area contributed by atoms with Crippen LogP contribution in [0.15, 0.2) is 24.3 Å². The third kappa shape index (κ3) is 7.51. The third-order valence-corrected chi connectivity index (χ3v) is 4.17. The van der Waals surface area contributed by atoms with Crippen molar-refractivity contribution in [1.82, 2.24) is 5.32 Å². The summed E-state index contributed by atoms with van der Waals surface area (Å²) >= 11 is 0. The first-order valence-corrected chi connectivity index (χ1v) is 8.70. The van der Waals surface area contributed by atoms with E-state index in [1.807, 2.05) is 24.3 Å². The minimum atomic E-state index is -0.288. The first-order chi connectivity index (χ1) is 11.0.